The van der Waals surface area contributed by atoms with Gasteiger partial charge in [-0.15, -0.1) is 0 Å². The number of benzene rings is 3. The summed E-state index contributed by atoms with van der Waals surface area (Å²) in [6.07, 6.45) is 0. The molecule has 0 spiro atoms. The zero-order chi connectivity index (χ0) is 20.9. The van der Waals surface area contributed by atoms with Crippen molar-refractivity contribution in [3.05, 3.63) is 101 Å². The van der Waals surface area contributed by atoms with Gasteiger partial charge < -0.3 is 4.74 Å². The maximum atomic E-state index is 5.53. The standard InChI is InChI=1S/C24H24N4OS/c1-27(22(18-9-5-3-6-10-18)19-11-7-4-8-12-19)17-28-24(30)25-23(26-28)20-13-15-21(29-2)16-14-20/h3-16,22H,17H2,1-2H3,(H,25,26,30). The lowest BCUT2D eigenvalue weighted by atomic mass is 9.98. The molecule has 0 aliphatic rings. The molecule has 0 amide bonds. The SMILES string of the molecule is COc1ccc(-c2nc(=S)n(CN(C)C(c3ccccc3)c3ccccc3)[nH]2)cc1. The summed E-state index contributed by atoms with van der Waals surface area (Å²) in [4.78, 5) is 6.81. The first-order chi connectivity index (χ1) is 14.7. The van der Waals surface area contributed by atoms with Gasteiger partial charge in [0.25, 0.3) is 0 Å². The molecular weight excluding hydrogens is 392 g/mol. The van der Waals surface area contributed by atoms with E-state index in [1.54, 1.807) is 7.11 Å². The summed E-state index contributed by atoms with van der Waals surface area (Å²) in [5, 5.41) is 3.34. The van der Waals surface area contributed by atoms with Gasteiger partial charge in [-0.2, -0.15) is 4.98 Å². The van der Waals surface area contributed by atoms with E-state index in [0.717, 1.165) is 17.1 Å². The number of rotatable bonds is 7. The van der Waals surface area contributed by atoms with Gasteiger partial charge in [-0.25, -0.2) is 4.68 Å². The summed E-state index contributed by atoms with van der Waals surface area (Å²) in [5.41, 5.74) is 3.42. The average Bonchev–Trinajstić information content (AvgIpc) is 3.15. The summed E-state index contributed by atoms with van der Waals surface area (Å²) in [5.74, 6) is 1.55. The fourth-order valence-corrected chi connectivity index (χ4v) is 3.80. The van der Waals surface area contributed by atoms with E-state index < -0.39 is 0 Å². The number of aromatic amines is 1. The van der Waals surface area contributed by atoms with Crippen LogP contribution in [0.5, 0.6) is 5.75 Å². The Kier molecular flexibility index (Phi) is 6.07. The summed E-state index contributed by atoms with van der Waals surface area (Å²) >= 11 is 5.53. The molecule has 3 aromatic carbocycles. The van der Waals surface area contributed by atoms with Crippen LogP contribution in [0.25, 0.3) is 11.4 Å². The van der Waals surface area contributed by atoms with Gasteiger partial charge in [0, 0.05) is 5.56 Å². The highest BCUT2D eigenvalue weighted by molar-refractivity contribution is 7.71. The van der Waals surface area contributed by atoms with E-state index in [1.165, 1.54) is 11.1 Å². The Balaban J connectivity index is 1.62. The normalized spacial score (nSPS) is 11.2. The Hall–Kier alpha value is -3.22. The zero-order valence-electron chi connectivity index (χ0n) is 17.0. The van der Waals surface area contributed by atoms with Crippen LogP contribution in [0.1, 0.15) is 17.2 Å². The van der Waals surface area contributed by atoms with Crippen LogP contribution >= 0.6 is 12.2 Å². The van der Waals surface area contributed by atoms with E-state index >= 15 is 0 Å². The molecule has 1 N–H and O–H groups in total. The van der Waals surface area contributed by atoms with Crippen LogP contribution in [0.2, 0.25) is 0 Å². The predicted octanol–water partition coefficient (Wildman–Crippen LogP) is 5.30. The maximum absolute atomic E-state index is 5.53. The number of hydrogen-bond donors (Lipinski definition) is 1. The molecule has 152 valence electrons. The summed E-state index contributed by atoms with van der Waals surface area (Å²) < 4.78 is 7.65. The molecule has 0 unspecified atom stereocenters. The van der Waals surface area contributed by atoms with Gasteiger partial charge in [-0.1, -0.05) is 60.7 Å². The van der Waals surface area contributed by atoms with Crippen molar-refractivity contribution in [1.82, 2.24) is 19.7 Å². The number of nitrogens with one attached hydrogen (secondary N) is 1. The molecule has 0 saturated heterocycles. The first-order valence-corrected chi connectivity index (χ1v) is 10.2. The van der Waals surface area contributed by atoms with Crippen LogP contribution in [0, 0.1) is 4.77 Å². The van der Waals surface area contributed by atoms with Crippen LogP contribution < -0.4 is 4.74 Å². The smallest absolute Gasteiger partial charge is 0.217 e. The van der Waals surface area contributed by atoms with Crippen LogP contribution in [0.3, 0.4) is 0 Å². The van der Waals surface area contributed by atoms with Gasteiger partial charge in [0.05, 0.1) is 19.8 Å². The fraction of sp³-hybridized carbons (Fsp3) is 0.167. The molecule has 5 nitrogen and oxygen atoms in total. The third-order valence-corrected chi connectivity index (χ3v) is 5.39. The van der Waals surface area contributed by atoms with Gasteiger partial charge in [-0.05, 0) is 54.7 Å². The predicted molar refractivity (Wildman–Crippen MR) is 122 cm³/mol. The van der Waals surface area contributed by atoms with Gasteiger partial charge in [0.1, 0.15) is 5.75 Å². The monoisotopic (exact) mass is 416 g/mol. The van der Waals surface area contributed by atoms with E-state index in [4.69, 9.17) is 17.0 Å². The largest absolute Gasteiger partial charge is 0.497 e. The van der Waals surface area contributed by atoms with E-state index in [1.807, 2.05) is 41.1 Å². The molecule has 4 rings (SSSR count). The van der Waals surface area contributed by atoms with Crippen LogP contribution in [0.4, 0.5) is 0 Å². The summed E-state index contributed by atoms with van der Waals surface area (Å²) in [7, 11) is 3.75. The van der Waals surface area contributed by atoms with Crippen molar-refractivity contribution in [2.24, 2.45) is 0 Å². The maximum Gasteiger partial charge on any atom is 0.217 e. The Morgan fingerprint density at radius 1 is 0.933 bits per heavy atom. The fourth-order valence-electron chi connectivity index (χ4n) is 3.61. The molecule has 0 radical (unpaired) electrons. The van der Waals surface area contributed by atoms with Crippen molar-refractivity contribution in [2.45, 2.75) is 12.7 Å². The number of aromatic nitrogens is 3. The van der Waals surface area contributed by atoms with E-state index in [0.29, 0.717) is 11.4 Å². The highest BCUT2D eigenvalue weighted by atomic mass is 32.1. The van der Waals surface area contributed by atoms with E-state index in [2.05, 4.69) is 70.6 Å². The quantitative estimate of drug-likeness (QED) is 0.416. The minimum Gasteiger partial charge on any atom is -0.497 e. The molecule has 1 aromatic heterocycles. The number of methoxy groups -OCH3 is 1. The lowest BCUT2D eigenvalue weighted by Crippen LogP contribution is -2.28. The lowest BCUT2D eigenvalue weighted by Gasteiger charge is -2.29. The van der Waals surface area contributed by atoms with Gasteiger partial charge in [-0.3, -0.25) is 10.00 Å². The van der Waals surface area contributed by atoms with Crippen molar-refractivity contribution in [2.75, 3.05) is 14.2 Å². The molecule has 0 aliphatic carbocycles. The third kappa shape index (κ3) is 4.35. The van der Waals surface area contributed by atoms with Crippen molar-refractivity contribution in [3.63, 3.8) is 0 Å². The van der Waals surface area contributed by atoms with Crippen molar-refractivity contribution < 1.29 is 4.74 Å². The molecule has 0 saturated carbocycles. The highest BCUT2D eigenvalue weighted by Crippen LogP contribution is 2.28. The van der Waals surface area contributed by atoms with Crippen LogP contribution in [-0.4, -0.2) is 33.8 Å². The topological polar surface area (TPSA) is 46.1 Å². The zero-order valence-corrected chi connectivity index (χ0v) is 17.8. The number of nitrogens with zero attached hydrogens (tertiary/aromatic N) is 3. The van der Waals surface area contributed by atoms with E-state index in [9.17, 15) is 0 Å². The molecule has 30 heavy (non-hydrogen) atoms. The lowest BCUT2D eigenvalue weighted by molar-refractivity contribution is 0.208. The summed E-state index contributed by atoms with van der Waals surface area (Å²) in [6.45, 7) is 0.580. The first kappa shape index (κ1) is 20.1. The third-order valence-electron chi connectivity index (χ3n) is 5.08. The minimum absolute atomic E-state index is 0.0991. The van der Waals surface area contributed by atoms with Gasteiger partial charge >= 0.3 is 0 Å². The van der Waals surface area contributed by atoms with Crippen molar-refractivity contribution in [3.8, 4) is 17.1 Å². The van der Waals surface area contributed by atoms with Crippen LogP contribution in [0.15, 0.2) is 84.9 Å². The number of hydrogen-bond acceptors (Lipinski definition) is 4. The average molecular weight is 417 g/mol. The molecule has 0 fully saturated rings. The first-order valence-electron chi connectivity index (χ1n) is 9.77. The Bertz CT molecular complexity index is 1100. The Morgan fingerprint density at radius 2 is 1.50 bits per heavy atom. The number of H-pyrrole nitrogens is 1. The van der Waals surface area contributed by atoms with Gasteiger partial charge in [0.15, 0.2) is 5.82 Å². The Labute approximate surface area is 181 Å². The molecule has 0 atom stereocenters. The molecule has 6 heteroatoms. The molecule has 0 bridgehead atoms. The second-order valence-corrected chi connectivity index (χ2v) is 7.50. The minimum atomic E-state index is 0.0991. The van der Waals surface area contributed by atoms with Crippen LogP contribution in [-0.2, 0) is 6.67 Å². The van der Waals surface area contributed by atoms with Crippen molar-refractivity contribution in [1.29, 1.82) is 0 Å². The van der Waals surface area contributed by atoms with Gasteiger partial charge in [0.2, 0.25) is 4.77 Å². The van der Waals surface area contributed by atoms with E-state index in [-0.39, 0.29) is 6.04 Å². The Morgan fingerprint density at radius 3 is 2.03 bits per heavy atom. The van der Waals surface area contributed by atoms with Crippen molar-refractivity contribution >= 4 is 12.2 Å². The summed E-state index contributed by atoms with van der Waals surface area (Å²) in [6, 6.07) is 28.9. The molecule has 0 aliphatic heterocycles. The molecule has 1 heterocycles. The second kappa shape index (κ2) is 9.07. The molecular formula is C24H24N4OS. The number of ether oxygens (including phenoxy) is 1. The highest BCUT2D eigenvalue weighted by Gasteiger charge is 2.20. The molecule has 4 aromatic rings. The second-order valence-electron chi connectivity index (χ2n) is 7.13.